The van der Waals surface area contributed by atoms with Crippen molar-refractivity contribution in [3.63, 3.8) is 0 Å². The predicted octanol–water partition coefficient (Wildman–Crippen LogP) is 2.80. The van der Waals surface area contributed by atoms with E-state index in [9.17, 15) is 0 Å². The third kappa shape index (κ3) is 1.68. The second-order valence-corrected chi connectivity index (χ2v) is 4.69. The number of hydrogen-bond donors (Lipinski definition) is 1. The monoisotopic (exact) mass is 223 g/mol. The standard InChI is InChI=1S/C13H17N.ClH/c14-12-8-7-10-4-1-3-9-5-2-6-11(12)13(9)10;/h1,3-4,11-12H,2,5-8,14H2;1H. The molecule has 1 nitrogen and oxygen atoms in total. The van der Waals surface area contributed by atoms with Crippen LogP contribution in [-0.4, -0.2) is 6.04 Å². The summed E-state index contributed by atoms with van der Waals surface area (Å²) in [6.45, 7) is 0. The first-order valence-corrected chi connectivity index (χ1v) is 5.72. The Hall–Kier alpha value is -0.530. The smallest absolute Gasteiger partial charge is 0.0111 e. The lowest BCUT2D eigenvalue weighted by molar-refractivity contribution is 0.417. The zero-order valence-corrected chi connectivity index (χ0v) is 9.72. The second-order valence-electron chi connectivity index (χ2n) is 4.69. The molecule has 0 aliphatic heterocycles. The summed E-state index contributed by atoms with van der Waals surface area (Å²) in [7, 11) is 0. The van der Waals surface area contributed by atoms with Crippen LogP contribution in [-0.2, 0) is 12.8 Å². The summed E-state index contributed by atoms with van der Waals surface area (Å²) in [6.07, 6.45) is 6.29. The minimum atomic E-state index is 0. The van der Waals surface area contributed by atoms with Crippen LogP contribution in [0.1, 0.15) is 41.9 Å². The van der Waals surface area contributed by atoms with Gasteiger partial charge in [-0.15, -0.1) is 12.4 Å². The first kappa shape index (κ1) is 11.0. The van der Waals surface area contributed by atoms with E-state index in [0.29, 0.717) is 12.0 Å². The molecular weight excluding hydrogens is 206 g/mol. The topological polar surface area (TPSA) is 26.0 Å². The van der Waals surface area contributed by atoms with Gasteiger partial charge in [-0.1, -0.05) is 18.2 Å². The van der Waals surface area contributed by atoms with E-state index >= 15 is 0 Å². The Kier molecular flexibility index (Phi) is 3.03. The van der Waals surface area contributed by atoms with Crippen molar-refractivity contribution < 1.29 is 0 Å². The Morgan fingerprint density at radius 2 is 1.80 bits per heavy atom. The van der Waals surface area contributed by atoms with Crippen molar-refractivity contribution in [2.75, 3.05) is 0 Å². The second kappa shape index (κ2) is 4.15. The molecule has 0 saturated carbocycles. The van der Waals surface area contributed by atoms with E-state index < -0.39 is 0 Å². The van der Waals surface area contributed by atoms with Gasteiger partial charge in [0.05, 0.1) is 0 Å². The minimum Gasteiger partial charge on any atom is -0.327 e. The van der Waals surface area contributed by atoms with E-state index in [1.807, 2.05) is 0 Å². The van der Waals surface area contributed by atoms with Crippen LogP contribution in [0, 0.1) is 0 Å². The van der Waals surface area contributed by atoms with Crippen LogP contribution in [0.4, 0.5) is 0 Å². The summed E-state index contributed by atoms with van der Waals surface area (Å²) in [5, 5.41) is 0. The van der Waals surface area contributed by atoms with Crippen LogP contribution < -0.4 is 5.73 Å². The fourth-order valence-electron chi connectivity index (χ4n) is 3.19. The number of rotatable bonds is 0. The Morgan fingerprint density at radius 1 is 1.07 bits per heavy atom. The Morgan fingerprint density at radius 3 is 2.60 bits per heavy atom. The van der Waals surface area contributed by atoms with Gasteiger partial charge in [0, 0.05) is 6.04 Å². The lowest BCUT2D eigenvalue weighted by atomic mass is 9.71. The SMILES string of the molecule is Cl.NC1CCc2cccc3c2C1CCC3. The summed E-state index contributed by atoms with van der Waals surface area (Å²) in [5.74, 6) is 0.670. The van der Waals surface area contributed by atoms with Gasteiger partial charge in [-0.2, -0.15) is 0 Å². The number of halogens is 1. The summed E-state index contributed by atoms with van der Waals surface area (Å²) < 4.78 is 0. The first-order chi connectivity index (χ1) is 6.86. The minimum absolute atomic E-state index is 0. The molecule has 2 aliphatic rings. The molecular formula is C13H18ClN. The third-order valence-electron chi connectivity index (χ3n) is 3.88. The van der Waals surface area contributed by atoms with Gasteiger partial charge in [-0.25, -0.2) is 0 Å². The number of aryl methyl sites for hydroxylation is 2. The average molecular weight is 224 g/mol. The average Bonchev–Trinajstić information content (AvgIpc) is 2.24. The van der Waals surface area contributed by atoms with Gasteiger partial charge in [0.2, 0.25) is 0 Å². The molecule has 2 N–H and O–H groups in total. The van der Waals surface area contributed by atoms with Crippen LogP contribution in [0.15, 0.2) is 18.2 Å². The van der Waals surface area contributed by atoms with Gasteiger partial charge >= 0.3 is 0 Å². The highest BCUT2D eigenvalue weighted by Gasteiger charge is 2.30. The molecule has 0 bridgehead atoms. The van der Waals surface area contributed by atoms with Crippen molar-refractivity contribution >= 4 is 12.4 Å². The molecule has 2 atom stereocenters. The molecule has 2 heteroatoms. The van der Waals surface area contributed by atoms with E-state index in [2.05, 4.69) is 18.2 Å². The van der Waals surface area contributed by atoms with Gasteiger partial charge in [0.25, 0.3) is 0 Å². The maximum Gasteiger partial charge on any atom is 0.0111 e. The van der Waals surface area contributed by atoms with Crippen molar-refractivity contribution in [1.29, 1.82) is 0 Å². The van der Waals surface area contributed by atoms with Crippen LogP contribution in [0.25, 0.3) is 0 Å². The fourth-order valence-corrected chi connectivity index (χ4v) is 3.19. The van der Waals surface area contributed by atoms with Crippen molar-refractivity contribution in [3.05, 3.63) is 34.9 Å². The van der Waals surface area contributed by atoms with Gasteiger partial charge in [-0.3, -0.25) is 0 Å². The third-order valence-corrected chi connectivity index (χ3v) is 3.88. The molecule has 15 heavy (non-hydrogen) atoms. The summed E-state index contributed by atoms with van der Waals surface area (Å²) in [6, 6.07) is 7.23. The molecule has 0 amide bonds. The molecule has 0 heterocycles. The van der Waals surface area contributed by atoms with Crippen LogP contribution in [0.5, 0.6) is 0 Å². The Bertz CT molecular complexity index is 347. The van der Waals surface area contributed by atoms with E-state index in [0.717, 1.165) is 0 Å². The predicted molar refractivity (Wildman–Crippen MR) is 65.7 cm³/mol. The van der Waals surface area contributed by atoms with Crippen LogP contribution >= 0.6 is 12.4 Å². The highest BCUT2D eigenvalue weighted by molar-refractivity contribution is 5.85. The molecule has 3 rings (SSSR count). The largest absolute Gasteiger partial charge is 0.327 e. The molecule has 0 fully saturated rings. The Labute approximate surface area is 97.5 Å². The van der Waals surface area contributed by atoms with Gasteiger partial charge in [0.1, 0.15) is 0 Å². The number of benzene rings is 1. The lowest BCUT2D eigenvalue weighted by Crippen LogP contribution is -2.35. The maximum absolute atomic E-state index is 6.21. The fraction of sp³-hybridized carbons (Fsp3) is 0.538. The van der Waals surface area contributed by atoms with Crippen molar-refractivity contribution in [1.82, 2.24) is 0 Å². The van der Waals surface area contributed by atoms with Crippen molar-refractivity contribution in [3.8, 4) is 0 Å². The van der Waals surface area contributed by atoms with Gasteiger partial charge < -0.3 is 5.73 Å². The zero-order valence-electron chi connectivity index (χ0n) is 8.91. The molecule has 0 saturated heterocycles. The lowest BCUT2D eigenvalue weighted by Gasteiger charge is -2.36. The molecule has 1 aromatic carbocycles. The summed E-state index contributed by atoms with van der Waals surface area (Å²) in [5.41, 5.74) is 11.0. The van der Waals surface area contributed by atoms with Gasteiger partial charge in [-0.05, 0) is 54.7 Å². The van der Waals surface area contributed by atoms with Crippen molar-refractivity contribution in [2.24, 2.45) is 5.73 Å². The quantitative estimate of drug-likeness (QED) is 0.719. The highest BCUT2D eigenvalue weighted by atomic mass is 35.5. The van der Waals surface area contributed by atoms with Gasteiger partial charge in [0.15, 0.2) is 0 Å². The summed E-state index contributed by atoms with van der Waals surface area (Å²) in [4.78, 5) is 0. The number of nitrogens with two attached hydrogens (primary N) is 1. The van der Waals surface area contributed by atoms with Crippen molar-refractivity contribution in [2.45, 2.75) is 44.1 Å². The van der Waals surface area contributed by atoms with Crippen LogP contribution in [0.3, 0.4) is 0 Å². The normalized spacial score (nSPS) is 27.8. The van der Waals surface area contributed by atoms with E-state index in [-0.39, 0.29) is 12.4 Å². The molecule has 2 aliphatic carbocycles. The van der Waals surface area contributed by atoms with E-state index in [1.165, 1.54) is 32.1 Å². The summed E-state index contributed by atoms with van der Waals surface area (Å²) >= 11 is 0. The first-order valence-electron chi connectivity index (χ1n) is 5.72. The molecule has 1 aromatic rings. The van der Waals surface area contributed by atoms with Crippen LogP contribution in [0.2, 0.25) is 0 Å². The maximum atomic E-state index is 6.21. The molecule has 0 spiro atoms. The molecule has 2 unspecified atom stereocenters. The molecule has 0 radical (unpaired) electrons. The zero-order chi connectivity index (χ0) is 9.54. The molecule has 0 aromatic heterocycles. The van der Waals surface area contributed by atoms with E-state index in [1.54, 1.807) is 16.7 Å². The number of hydrogen-bond acceptors (Lipinski definition) is 1. The Balaban J connectivity index is 0.000000853. The molecule has 82 valence electrons. The highest BCUT2D eigenvalue weighted by Crippen LogP contribution is 2.40. The van der Waals surface area contributed by atoms with E-state index in [4.69, 9.17) is 5.73 Å².